The Morgan fingerprint density at radius 2 is 2.05 bits per heavy atom. The molecule has 0 bridgehead atoms. The van der Waals surface area contributed by atoms with Crippen LogP contribution in [-0.2, 0) is 6.54 Å². The Morgan fingerprint density at radius 3 is 2.74 bits per heavy atom. The zero-order chi connectivity index (χ0) is 13.8. The number of hydrogen-bond acceptors (Lipinski definition) is 3. The molecule has 4 nitrogen and oxygen atoms in total. The molecule has 0 unspecified atom stereocenters. The first-order valence-corrected chi connectivity index (χ1v) is 7.04. The van der Waals surface area contributed by atoms with E-state index in [1.165, 1.54) is 0 Å². The van der Waals surface area contributed by atoms with Gasteiger partial charge in [0.15, 0.2) is 5.82 Å². The Morgan fingerprint density at radius 1 is 1.26 bits per heavy atom. The average Bonchev–Trinajstić information content (AvgIpc) is 2.86. The predicted molar refractivity (Wildman–Crippen MR) is 79.9 cm³/mol. The van der Waals surface area contributed by atoms with Gasteiger partial charge in [0, 0.05) is 25.5 Å². The Kier molecular flexibility index (Phi) is 4.66. The first kappa shape index (κ1) is 14.2. The number of nitrogens with zero attached hydrogens (tertiary/aromatic N) is 3. The van der Waals surface area contributed by atoms with Gasteiger partial charge in [-0.05, 0) is 19.4 Å². The SMILES string of the molecule is CCCNc1nc(-c2nccn2CC)c(Cl)cc1Cl. The first-order chi connectivity index (χ1) is 9.17. The Labute approximate surface area is 122 Å². The van der Waals surface area contributed by atoms with Crippen molar-refractivity contribution < 1.29 is 0 Å². The number of aryl methyl sites for hydroxylation is 1. The van der Waals surface area contributed by atoms with Crippen LogP contribution in [0.15, 0.2) is 18.5 Å². The number of aromatic nitrogens is 3. The highest BCUT2D eigenvalue weighted by Crippen LogP contribution is 2.31. The monoisotopic (exact) mass is 298 g/mol. The predicted octanol–water partition coefficient (Wildman–Crippen LogP) is 4.09. The summed E-state index contributed by atoms with van der Waals surface area (Å²) in [4.78, 5) is 8.82. The first-order valence-electron chi connectivity index (χ1n) is 6.28. The molecule has 2 aromatic heterocycles. The van der Waals surface area contributed by atoms with Gasteiger partial charge in [0.05, 0.1) is 10.0 Å². The minimum atomic E-state index is 0.507. The molecule has 0 aliphatic rings. The van der Waals surface area contributed by atoms with Crippen molar-refractivity contribution in [3.63, 3.8) is 0 Å². The Balaban J connectivity index is 2.45. The quantitative estimate of drug-likeness (QED) is 0.904. The van der Waals surface area contributed by atoms with Crippen LogP contribution in [-0.4, -0.2) is 21.1 Å². The molecule has 1 N–H and O–H groups in total. The molecular formula is C13H16Cl2N4. The molecule has 0 radical (unpaired) electrons. The van der Waals surface area contributed by atoms with Gasteiger partial charge in [-0.1, -0.05) is 30.1 Å². The number of pyridine rings is 1. The van der Waals surface area contributed by atoms with Crippen molar-refractivity contribution in [3.05, 3.63) is 28.5 Å². The van der Waals surface area contributed by atoms with Crippen LogP contribution in [0.25, 0.3) is 11.5 Å². The maximum Gasteiger partial charge on any atom is 0.160 e. The van der Waals surface area contributed by atoms with Gasteiger partial charge in [-0.25, -0.2) is 9.97 Å². The van der Waals surface area contributed by atoms with Crippen molar-refractivity contribution in [3.8, 4) is 11.5 Å². The van der Waals surface area contributed by atoms with Gasteiger partial charge >= 0.3 is 0 Å². The van der Waals surface area contributed by atoms with Crippen LogP contribution < -0.4 is 5.32 Å². The molecule has 19 heavy (non-hydrogen) atoms. The second-order valence-electron chi connectivity index (χ2n) is 4.11. The molecule has 0 saturated heterocycles. The summed E-state index contributed by atoms with van der Waals surface area (Å²) in [6.45, 7) is 5.76. The summed E-state index contributed by atoms with van der Waals surface area (Å²) in [6.07, 6.45) is 4.64. The van der Waals surface area contributed by atoms with E-state index in [1.807, 2.05) is 17.7 Å². The standard InChI is InChI=1S/C13H16Cl2N4/c1-3-5-16-12-10(15)8-9(14)11(18-12)13-17-6-7-19(13)4-2/h6-8H,3-5H2,1-2H3,(H,16,18). The summed E-state index contributed by atoms with van der Waals surface area (Å²) in [5, 5.41) is 4.22. The topological polar surface area (TPSA) is 42.7 Å². The molecule has 0 atom stereocenters. The number of hydrogen-bond donors (Lipinski definition) is 1. The molecule has 0 aromatic carbocycles. The van der Waals surface area contributed by atoms with Crippen molar-refractivity contribution in [2.24, 2.45) is 0 Å². The molecular weight excluding hydrogens is 283 g/mol. The summed E-state index contributed by atoms with van der Waals surface area (Å²) in [5.74, 6) is 1.40. The van der Waals surface area contributed by atoms with E-state index in [0.717, 1.165) is 25.3 Å². The highest BCUT2D eigenvalue weighted by molar-refractivity contribution is 6.37. The van der Waals surface area contributed by atoms with Crippen LogP contribution in [0, 0.1) is 0 Å². The largest absolute Gasteiger partial charge is 0.369 e. The van der Waals surface area contributed by atoms with Crippen molar-refractivity contribution >= 4 is 29.0 Å². The maximum absolute atomic E-state index is 6.23. The van der Waals surface area contributed by atoms with Crippen LogP contribution in [0.2, 0.25) is 10.0 Å². The van der Waals surface area contributed by atoms with Gasteiger partial charge in [0.1, 0.15) is 11.5 Å². The van der Waals surface area contributed by atoms with Crippen molar-refractivity contribution in [1.29, 1.82) is 0 Å². The normalized spacial score (nSPS) is 10.7. The summed E-state index contributed by atoms with van der Waals surface area (Å²) in [6, 6.07) is 1.71. The zero-order valence-corrected chi connectivity index (χ0v) is 12.5. The van der Waals surface area contributed by atoms with Crippen LogP contribution >= 0.6 is 23.2 Å². The van der Waals surface area contributed by atoms with Gasteiger partial charge in [0.25, 0.3) is 0 Å². The molecule has 2 heterocycles. The van der Waals surface area contributed by atoms with Gasteiger partial charge in [0.2, 0.25) is 0 Å². The third-order valence-electron chi connectivity index (χ3n) is 2.74. The Bertz CT molecular complexity index is 566. The van der Waals surface area contributed by atoms with Crippen LogP contribution in [0.5, 0.6) is 0 Å². The minimum absolute atomic E-state index is 0.507. The van der Waals surface area contributed by atoms with Crippen molar-refractivity contribution in [1.82, 2.24) is 14.5 Å². The molecule has 0 saturated carbocycles. The lowest BCUT2D eigenvalue weighted by atomic mass is 10.3. The van der Waals surface area contributed by atoms with E-state index in [0.29, 0.717) is 21.6 Å². The highest BCUT2D eigenvalue weighted by atomic mass is 35.5. The lowest BCUT2D eigenvalue weighted by Gasteiger charge is -2.11. The van der Waals surface area contributed by atoms with E-state index in [9.17, 15) is 0 Å². The molecule has 0 aliphatic carbocycles. The molecule has 6 heteroatoms. The van der Waals surface area contributed by atoms with Crippen LogP contribution in [0.1, 0.15) is 20.3 Å². The average molecular weight is 299 g/mol. The van der Waals surface area contributed by atoms with E-state index in [4.69, 9.17) is 23.2 Å². The number of halogens is 2. The number of anilines is 1. The van der Waals surface area contributed by atoms with E-state index >= 15 is 0 Å². The Hall–Kier alpha value is -1.26. The fourth-order valence-electron chi connectivity index (χ4n) is 1.77. The van der Waals surface area contributed by atoms with Crippen LogP contribution in [0.4, 0.5) is 5.82 Å². The molecule has 2 rings (SSSR count). The van der Waals surface area contributed by atoms with Crippen LogP contribution in [0.3, 0.4) is 0 Å². The number of nitrogens with one attached hydrogen (secondary N) is 1. The fourth-order valence-corrected chi connectivity index (χ4v) is 2.28. The molecule has 0 spiro atoms. The lowest BCUT2D eigenvalue weighted by molar-refractivity contribution is 0.768. The van der Waals surface area contributed by atoms with E-state index in [1.54, 1.807) is 12.3 Å². The fraction of sp³-hybridized carbons (Fsp3) is 0.385. The third-order valence-corrected chi connectivity index (χ3v) is 3.32. The van der Waals surface area contributed by atoms with Crippen molar-refractivity contribution in [2.45, 2.75) is 26.8 Å². The van der Waals surface area contributed by atoms with E-state index < -0.39 is 0 Å². The summed E-state index contributed by atoms with van der Waals surface area (Å²) >= 11 is 12.4. The molecule has 0 amide bonds. The minimum Gasteiger partial charge on any atom is -0.369 e. The summed E-state index contributed by atoms with van der Waals surface area (Å²) in [7, 11) is 0. The summed E-state index contributed by atoms with van der Waals surface area (Å²) in [5.41, 5.74) is 0.650. The number of imidazole rings is 1. The maximum atomic E-state index is 6.23. The van der Waals surface area contributed by atoms with E-state index in [2.05, 4.69) is 22.2 Å². The van der Waals surface area contributed by atoms with Crippen molar-refractivity contribution in [2.75, 3.05) is 11.9 Å². The second kappa shape index (κ2) is 6.26. The number of rotatable bonds is 5. The molecule has 0 aliphatic heterocycles. The second-order valence-corrected chi connectivity index (χ2v) is 4.93. The molecule has 0 fully saturated rings. The van der Waals surface area contributed by atoms with E-state index in [-0.39, 0.29) is 0 Å². The summed E-state index contributed by atoms with van der Waals surface area (Å²) < 4.78 is 1.99. The van der Waals surface area contributed by atoms with Gasteiger partial charge in [-0.3, -0.25) is 0 Å². The molecule has 102 valence electrons. The smallest absolute Gasteiger partial charge is 0.160 e. The third kappa shape index (κ3) is 3.01. The highest BCUT2D eigenvalue weighted by Gasteiger charge is 2.14. The van der Waals surface area contributed by atoms with Gasteiger partial charge in [-0.15, -0.1) is 0 Å². The van der Waals surface area contributed by atoms with Gasteiger partial charge in [-0.2, -0.15) is 0 Å². The van der Waals surface area contributed by atoms with Gasteiger partial charge < -0.3 is 9.88 Å². The molecule has 2 aromatic rings. The lowest BCUT2D eigenvalue weighted by Crippen LogP contribution is -2.05. The zero-order valence-electron chi connectivity index (χ0n) is 11.0.